The van der Waals surface area contributed by atoms with Crippen LogP contribution in [0.4, 0.5) is 0 Å². The summed E-state index contributed by atoms with van der Waals surface area (Å²) in [7, 11) is 1.81. The first-order chi connectivity index (χ1) is 9.29. The van der Waals surface area contributed by atoms with E-state index in [0.717, 1.165) is 0 Å². The zero-order chi connectivity index (χ0) is 14.7. The Hall–Kier alpha value is -2.01. The number of aromatic hydroxyl groups is 1. The SMILES string of the molecule is Cn1c2c(c(=O)c3cc(O)ccc31)C[C@H](C(C)(C)O)O2. The van der Waals surface area contributed by atoms with Gasteiger partial charge in [0.25, 0.3) is 0 Å². The quantitative estimate of drug-likeness (QED) is 0.823. The van der Waals surface area contributed by atoms with Crippen molar-refractivity contribution in [1.82, 2.24) is 4.57 Å². The van der Waals surface area contributed by atoms with Crippen LogP contribution in [0.15, 0.2) is 23.0 Å². The van der Waals surface area contributed by atoms with Crippen molar-refractivity contribution in [2.45, 2.75) is 32.0 Å². The summed E-state index contributed by atoms with van der Waals surface area (Å²) in [5.41, 5.74) is 0.0867. The Labute approximate surface area is 116 Å². The van der Waals surface area contributed by atoms with Gasteiger partial charge in [0.1, 0.15) is 11.9 Å². The fraction of sp³-hybridized carbons (Fsp3) is 0.400. The summed E-state index contributed by atoms with van der Waals surface area (Å²) >= 11 is 0. The summed E-state index contributed by atoms with van der Waals surface area (Å²) in [6.45, 7) is 3.33. The van der Waals surface area contributed by atoms with Gasteiger partial charge in [-0.15, -0.1) is 0 Å². The number of benzene rings is 1. The minimum atomic E-state index is -1.02. The summed E-state index contributed by atoms with van der Waals surface area (Å²) in [6, 6.07) is 4.69. The molecule has 1 aliphatic heterocycles. The highest BCUT2D eigenvalue weighted by Crippen LogP contribution is 2.33. The van der Waals surface area contributed by atoms with Gasteiger partial charge >= 0.3 is 0 Å². The number of fused-ring (bicyclic) bond motifs is 2. The number of hydrogen-bond acceptors (Lipinski definition) is 4. The standard InChI is InChI=1S/C15H17NO4/c1-15(2,19)12-7-10-13(18)9-6-8(17)4-5-11(9)16(3)14(10)20-12/h4-6,12,17,19H,7H2,1-3H3/t12-/m1/s1. The van der Waals surface area contributed by atoms with Crippen molar-refractivity contribution in [2.24, 2.45) is 7.05 Å². The first-order valence-corrected chi connectivity index (χ1v) is 6.52. The average molecular weight is 275 g/mol. The van der Waals surface area contributed by atoms with Crippen LogP contribution in [0.3, 0.4) is 0 Å². The van der Waals surface area contributed by atoms with E-state index in [4.69, 9.17) is 4.74 Å². The summed E-state index contributed by atoms with van der Waals surface area (Å²) < 4.78 is 7.56. The Balaban J connectivity index is 2.27. The minimum Gasteiger partial charge on any atom is -0.508 e. The second-order valence-electron chi connectivity index (χ2n) is 5.84. The van der Waals surface area contributed by atoms with Crippen molar-refractivity contribution < 1.29 is 14.9 Å². The minimum absolute atomic E-state index is 0.0625. The number of hydrogen-bond donors (Lipinski definition) is 2. The van der Waals surface area contributed by atoms with Crippen molar-refractivity contribution in [3.05, 3.63) is 34.0 Å². The number of aromatic nitrogens is 1. The van der Waals surface area contributed by atoms with E-state index >= 15 is 0 Å². The van der Waals surface area contributed by atoms with Gasteiger partial charge in [0.2, 0.25) is 5.88 Å². The molecule has 5 nitrogen and oxygen atoms in total. The maximum Gasteiger partial charge on any atom is 0.201 e. The maximum absolute atomic E-state index is 12.5. The molecule has 0 saturated heterocycles. The lowest BCUT2D eigenvalue weighted by atomic mass is 9.97. The van der Waals surface area contributed by atoms with Crippen LogP contribution in [0.1, 0.15) is 19.4 Å². The van der Waals surface area contributed by atoms with Crippen LogP contribution in [0.2, 0.25) is 0 Å². The monoisotopic (exact) mass is 275 g/mol. The number of pyridine rings is 1. The van der Waals surface area contributed by atoms with Gasteiger partial charge in [0, 0.05) is 18.9 Å². The molecular weight excluding hydrogens is 258 g/mol. The van der Waals surface area contributed by atoms with Crippen molar-refractivity contribution in [1.29, 1.82) is 0 Å². The van der Waals surface area contributed by atoms with Crippen LogP contribution in [0.5, 0.6) is 11.6 Å². The summed E-state index contributed by atoms with van der Waals surface area (Å²) in [5.74, 6) is 0.563. The first-order valence-electron chi connectivity index (χ1n) is 6.52. The third-order valence-corrected chi connectivity index (χ3v) is 3.85. The topological polar surface area (TPSA) is 71.7 Å². The van der Waals surface area contributed by atoms with Crippen molar-refractivity contribution in [2.75, 3.05) is 0 Å². The molecule has 0 saturated carbocycles. The number of aryl methyl sites for hydroxylation is 1. The summed E-state index contributed by atoms with van der Waals surface area (Å²) in [4.78, 5) is 12.5. The predicted octanol–water partition coefficient (Wildman–Crippen LogP) is 1.32. The van der Waals surface area contributed by atoms with Crippen LogP contribution >= 0.6 is 0 Å². The van der Waals surface area contributed by atoms with Crippen LogP contribution in [-0.4, -0.2) is 26.5 Å². The zero-order valence-corrected chi connectivity index (χ0v) is 11.7. The molecule has 1 atom stereocenters. The lowest BCUT2D eigenvalue weighted by molar-refractivity contribution is -0.0252. The Bertz CT molecular complexity index is 755. The molecule has 0 radical (unpaired) electrons. The van der Waals surface area contributed by atoms with E-state index in [1.54, 1.807) is 24.5 Å². The molecule has 2 aromatic rings. The average Bonchev–Trinajstić information content (AvgIpc) is 2.81. The fourth-order valence-electron chi connectivity index (χ4n) is 2.66. The fourth-order valence-corrected chi connectivity index (χ4v) is 2.66. The lowest BCUT2D eigenvalue weighted by Crippen LogP contribution is -2.39. The van der Waals surface area contributed by atoms with E-state index in [0.29, 0.717) is 28.8 Å². The molecule has 0 spiro atoms. The van der Waals surface area contributed by atoms with Crippen molar-refractivity contribution >= 4 is 10.9 Å². The van der Waals surface area contributed by atoms with Gasteiger partial charge in [-0.3, -0.25) is 4.79 Å². The summed E-state index contributed by atoms with van der Waals surface area (Å²) in [6.07, 6.45) is -0.0706. The summed E-state index contributed by atoms with van der Waals surface area (Å²) in [5, 5.41) is 20.1. The molecule has 3 rings (SSSR count). The molecule has 1 aliphatic rings. The largest absolute Gasteiger partial charge is 0.508 e. The van der Waals surface area contributed by atoms with Gasteiger partial charge in [-0.2, -0.15) is 0 Å². The van der Waals surface area contributed by atoms with Crippen LogP contribution in [-0.2, 0) is 13.5 Å². The van der Waals surface area contributed by atoms with Crippen LogP contribution < -0.4 is 10.2 Å². The molecular formula is C15H17NO4. The molecule has 106 valence electrons. The second-order valence-corrected chi connectivity index (χ2v) is 5.84. The molecule has 2 N–H and O–H groups in total. The molecule has 2 heterocycles. The number of rotatable bonds is 1. The number of nitrogens with zero attached hydrogens (tertiary/aromatic N) is 1. The zero-order valence-electron chi connectivity index (χ0n) is 11.7. The van der Waals surface area contributed by atoms with Gasteiger partial charge in [0.15, 0.2) is 5.43 Å². The van der Waals surface area contributed by atoms with Gasteiger partial charge in [-0.1, -0.05) is 0 Å². The van der Waals surface area contributed by atoms with E-state index in [-0.39, 0.29) is 11.2 Å². The normalized spacial score (nSPS) is 18.1. The number of phenols is 1. The third-order valence-electron chi connectivity index (χ3n) is 3.85. The molecule has 0 unspecified atom stereocenters. The van der Waals surface area contributed by atoms with Gasteiger partial charge in [0.05, 0.1) is 16.7 Å². The smallest absolute Gasteiger partial charge is 0.201 e. The van der Waals surface area contributed by atoms with Gasteiger partial charge in [-0.25, -0.2) is 0 Å². The van der Waals surface area contributed by atoms with E-state index in [1.807, 2.05) is 7.05 Å². The van der Waals surface area contributed by atoms with Gasteiger partial charge < -0.3 is 19.5 Å². The molecule has 0 amide bonds. The van der Waals surface area contributed by atoms with Crippen molar-refractivity contribution in [3.63, 3.8) is 0 Å². The van der Waals surface area contributed by atoms with E-state index in [9.17, 15) is 15.0 Å². The Morgan fingerprint density at radius 2 is 2.10 bits per heavy atom. The van der Waals surface area contributed by atoms with Crippen LogP contribution in [0.25, 0.3) is 10.9 Å². The van der Waals surface area contributed by atoms with Crippen LogP contribution in [0, 0.1) is 0 Å². The highest BCUT2D eigenvalue weighted by Gasteiger charge is 2.37. The molecule has 5 heteroatoms. The first kappa shape index (κ1) is 13.0. The second kappa shape index (κ2) is 3.99. The van der Waals surface area contributed by atoms with E-state index < -0.39 is 11.7 Å². The number of phenolic OH excluding ortho intramolecular Hbond substituents is 1. The Morgan fingerprint density at radius 1 is 1.40 bits per heavy atom. The van der Waals surface area contributed by atoms with Gasteiger partial charge in [-0.05, 0) is 32.0 Å². The molecule has 0 fully saturated rings. The molecule has 0 aliphatic carbocycles. The Morgan fingerprint density at radius 3 is 2.75 bits per heavy atom. The highest BCUT2D eigenvalue weighted by atomic mass is 16.5. The Kier molecular flexibility index (Phi) is 2.59. The lowest BCUT2D eigenvalue weighted by Gasteiger charge is -2.24. The van der Waals surface area contributed by atoms with Crippen molar-refractivity contribution in [3.8, 4) is 11.6 Å². The molecule has 20 heavy (non-hydrogen) atoms. The predicted molar refractivity (Wildman–Crippen MR) is 75.3 cm³/mol. The molecule has 1 aromatic carbocycles. The van der Waals surface area contributed by atoms with E-state index in [1.165, 1.54) is 12.1 Å². The maximum atomic E-state index is 12.5. The number of ether oxygens (including phenoxy) is 1. The molecule has 1 aromatic heterocycles. The highest BCUT2D eigenvalue weighted by molar-refractivity contribution is 5.82. The number of aliphatic hydroxyl groups is 1. The van der Waals surface area contributed by atoms with E-state index in [2.05, 4.69) is 0 Å². The third kappa shape index (κ3) is 1.78. The molecule has 0 bridgehead atoms.